The Morgan fingerprint density at radius 1 is 0.536 bits per heavy atom. The zero-order chi connectivity index (χ0) is 18.9. The van der Waals surface area contributed by atoms with E-state index in [0.29, 0.717) is 0 Å². The number of hydrogen-bond donors (Lipinski definition) is 0. The second-order valence-corrected chi connectivity index (χ2v) is 9.04. The van der Waals surface area contributed by atoms with Gasteiger partial charge in [0, 0.05) is 0 Å². The molecule has 0 amide bonds. The van der Waals surface area contributed by atoms with E-state index in [1.165, 1.54) is 27.0 Å². The molecule has 0 radical (unpaired) electrons. The van der Waals surface area contributed by atoms with Crippen LogP contribution in [-0.2, 0) is 22.4 Å². The third kappa shape index (κ3) is 6.59. The molecule has 0 heterocycles. The number of benzene rings is 4. The molecule has 144 valence electrons. The van der Waals surface area contributed by atoms with Crippen molar-refractivity contribution in [3.05, 3.63) is 126 Å². The van der Waals surface area contributed by atoms with Crippen molar-refractivity contribution in [2.45, 2.75) is 13.8 Å². The molecule has 2 heteroatoms. The Bertz CT molecular complexity index is 826. The topological polar surface area (TPSA) is 0 Å². The van der Waals surface area contributed by atoms with Crippen molar-refractivity contribution in [3.63, 3.8) is 0 Å². The van der Waals surface area contributed by atoms with E-state index in [-0.39, 0.29) is 22.4 Å². The molecule has 4 aromatic rings. The second-order valence-electron chi connectivity index (χ2n) is 6.56. The molecule has 4 aromatic carbocycles. The van der Waals surface area contributed by atoms with E-state index >= 15 is 0 Å². The Morgan fingerprint density at radius 2 is 0.857 bits per heavy atom. The van der Waals surface area contributed by atoms with E-state index in [0.717, 1.165) is 0 Å². The third-order valence-corrected chi connectivity index (χ3v) is 7.00. The first-order valence-corrected chi connectivity index (χ1v) is 10.7. The van der Waals surface area contributed by atoms with Gasteiger partial charge in [0.2, 0.25) is 0 Å². The van der Waals surface area contributed by atoms with Crippen LogP contribution in [0.4, 0.5) is 0 Å². The molecule has 0 unspecified atom stereocenters. The van der Waals surface area contributed by atoms with E-state index < -0.39 is 7.92 Å². The zero-order valence-electron chi connectivity index (χ0n) is 16.2. The first kappa shape index (κ1) is 22.3. The average molecular weight is 565 g/mol. The Labute approximate surface area is 185 Å². The van der Waals surface area contributed by atoms with Crippen molar-refractivity contribution in [1.82, 2.24) is 0 Å². The Morgan fingerprint density at radius 3 is 1.11 bits per heavy atom. The fourth-order valence-corrected chi connectivity index (χ4v) is 5.64. The van der Waals surface area contributed by atoms with Crippen LogP contribution in [0.15, 0.2) is 109 Å². The molecule has 0 aliphatic rings. The van der Waals surface area contributed by atoms with Crippen LogP contribution in [0, 0.1) is 19.9 Å². The molecule has 0 bridgehead atoms. The maximum atomic E-state index is 3.03. The summed E-state index contributed by atoms with van der Waals surface area (Å²) in [4.78, 5) is 0. The molecule has 0 N–H and O–H groups in total. The molecule has 0 fully saturated rings. The SMILES string of the molecule is Cc1c[c-]cc(C)c1.[Au+].c1ccc([PH+](c2ccccc2)c2ccccc2)cc1. The molecule has 0 aromatic heterocycles. The summed E-state index contributed by atoms with van der Waals surface area (Å²) in [7, 11) is -0.877. The molecule has 4 rings (SSSR count). The Kier molecular flexibility index (Phi) is 9.41. The maximum absolute atomic E-state index is 3.03. The molecule has 0 aliphatic carbocycles. The van der Waals surface area contributed by atoms with Crippen LogP contribution in [0.25, 0.3) is 0 Å². The van der Waals surface area contributed by atoms with Gasteiger partial charge >= 0.3 is 22.4 Å². The van der Waals surface area contributed by atoms with Crippen molar-refractivity contribution >= 4 is 23.8 Å². The molecule has 0 atom stereocenters. The van der Waals surface area contributed by atoms with Gasteiger partial charge in [-0.25, -0.2) is 0 Å². The van der Waals surface area contributed by atoms with Gasteiger partial charge in [-0.05, 0) is 36.4 Å². The van der Waals surface area contributed by atoms with Crippen molar-refractivity contribution in [1.29, 1.82) is 0 Å². The van der Waals surface area contributed by atoms with Crippen LogP contribution in [0.2, 0.25) is 0 Å². The van der Waals surface area contributed by atoms with Crippen LogP contribution in [-0.4, -0.2) is 0 Å². The minimum Gasteiger partial charge on any atom is -0.183 e. The molecule has 0 aliphatic heterocycles. The molecule has 0 saturated heterocycles. The third-order valence-electron chi connectivity index (χ3n) is 4.26. The van der Waals surface area contributed by atoms with E-state index in [9.17, 15) is 0 Å². The normalized spacial score (nSPS) is 9.82. The molecular formula is C26H25AuP+. The number of aryl methyl sites for hydroxylation is 2. The zero-order valence-corrected chi connectivity index (χ0v) is 19.4. The molecule has 0 spiro atoms. The van der Waals surface area contributed by atoms with Crippen molar-refractivity contribution in [3.8, 4) is 0 Å². The summed E-state index contributed by atoms with van der Waals surface area (Å²) >= 11 is 0. The maximum Gasteiger partial charge on any atom is 1.00 e. The summed E-state index contributed by atoms with van der Waals surface area (Å²) in [5.41, 5.74) is 2.56. The molecular weight excluding hydrogens is 540 g/mol. The fourth-order valence-electron chi connectivity index (χ4n) is 3.06. The standard InChI is InChI=1S/C18H15P.C8H9.Au/c1-4-10-16(11-5-1)19(17-12-6-2-7-13-17)18-14-8-3-9-15-18;1-7-4-3-5-8(2)6-7;/h1-15H;4-6H,1-2H3;/q;-1;+1/p+1. The van der Waals surface area contributed by atoms with Gasteiger partial charge in [-0.2, -0.15) is 35.4 Å². The summed E-state index contributed by atoms with van der Waals surface area (Å²) in [5, 5.41) is 4.31. The average Bonchev–Trinajstić information content (AvgIpc) is 2.71. The van der Waals surface area contributed by atoms with Crippen molar-refractivity contribution < 1.29 is 22.4 Å². The van der Waals surface area contributed by atoms with Crippen LogP contribution in [0.3, 0.4) is 0 Å². The largest absolute Gasteiger partial charge is 1.00 e. The second kappa shape index (κ2) is 11.8. The molecule has 0 saturated carbocycles. The first-order valence-electron chi connectivity index (χ1n) is 9.21. The van der Waals surface area contributed by atoms with Crippen molar-refractivity contribution in [2.75, 3.05) is 0 Å². The number of rotatable bonds is 3. The quantitative estimate of drug-likeness (QED) is 0.180. The summed E-state index contributed by atoms with van der Waals surface area (Å²) < 4.78 is 0. The van der Waals surface area contributed by atoms with Gasteiger partial charge in [0.25, 0.3) is 0 Å². The van der Waals surface area contributed by atoms with E-state index in [1.807, 2.05) is 12.1 Å². The predicted molar refractivity (Wildman–Crippen MR) is 121 cm³/mol. The predicted octanol–water partition coefficient (Wildman–Crippen LogP) is 5.28. The van der Waals surface area contributed by atoms with Gasteiger partial charge in [0.05, 0.1) is 7.92 Å². The molecule has 28 heavy (non-hydrogen) atoms. The Balaban J connectivity index is 0.000000264. The van der Waals surface area contributed by atoms with Crippen LogP contribution >= 0.6 is 7.92 Å². The van der Waals surface area contributed by atoms with Gasteiger partial charge in [0.1, 0.15) is 15.9 Å². The van der Waals surface area contributed by atoms with E-state index in [4.69, 9.17) is 0 Å². The van der Waals surface area contributed by atoms with Gasteiger partial charge in [0.15, 0.2) is 0 Å². The summed E-state index contributed by atoms with van der Waals surface area (Å²) in [6, 6.07) is 41.6. The minimum atomic E-state index is -0.877. The number of hydrogen-bond acceptors (Lipinski definition) is 0. The summed E-state index contributed by atoms with van der Waals surface area (Å²) in [5.74, 6) is 0. The van der Waals surface area contributed by atoms with Gasteiger partial charge in [-0.3, -0.25) is 0 Å². The van der Waals surface area contributed by atoms with Crippen LogP contribution < -0.4 is 15.9 Å². The minimum absolute atomic E-state index is 0. The first-order chi connectivity index (χ1) is 13.2. The van der Waals surface area contributed by atoms with Crippen molar-refractivity contribution in [2.24, 2.45) is 0 Å². The van der Waals surface area contributed by atoms with Crippen LogP contribution in [0.1, 0.15) is 11.1 Å². The van der Waals surface area contributed by atoms with E-state index in [1.54, 1.807) is 0 Å². The fraction of sp³-hybridized carbons (Fsp3) is 0.0769. The van der Waals surface area contributed by atoms with Gasteiger partial charge in [-0.15, -0.1) is 0 Å². The van der Waals surface area contributed by atoms with Gasteiger partial charge < -0.3 is 0 Å². The van der Waals surface area contributed by atoms with Crippen LogP contribution in [0.5, 0.6) is 0 Å². The summed E-state index contributed by atoms with van der Waals surface area (Å²) in [6.07, 6.45) is 0. The van der Waals surface area contributed by atoms with E-state index in [2.05, 4.69) is 117 Å². The smallest absolute Gasteiger partial charge is 0.183 e. The molecule has 0 nitrogen and oxygen atoms in total. The van der Waals surface area contributed by atoms with Gasteiger partial charge in [-0.1, -0.05) is 68.4 Å². The summed E-state index contributed by atoms with van der Waals surface area (Å²) in [6.45, 7) is 4.15. The Hall–Kier alpha value is -1.95. The monoisotopic (exact) mass is 565 g/mol.